The molecule has 0 amide bonds. The van der Waals surface area contributed by atoms with Crippen molar-refractivity contribution in [2.24, 2.45) is 0 Å². The number of fused-ring (bicyclic) bond motifs is 1. The zero-order valence-electron chi connectivity index (χ0n) is 7.87. The number of hydrogen-bond donors (Lipinski definition) is 1. The van der Waals surface area contributed by atoms with Crippen LogP contribution in [-0.2, 0) is 16.7 Å². The lowest BCUT2D eigenvalue weighted by molar-refractivity contribution is 0.479. The summed E-state index contributed by atoms with van der Waals surface area (Å²) in [6.07, 6.45) is 1.57. The largest absolute Gasteiger partial charge is 0.329 e. The van der Waals surface area contributed by atoms with Crippen molar-refractivity contribution in [3.8, 4) is 0 Å². The average molecular weight is 226 g/mol. The molecule has 0 saturated carbocycles. The minimum atomic E-state index is -3.92. The van der Waals surface area contributed by atoms with Crippen LogP contribution in [0.15, 0.2) is 30.6 Å². The average Bonchev–Trinajstić information content (AvgIpc) is 2.57. The van der Waals surface area contributed by atoms with Crippen LogP contribution >= 0.6 is 0 Å². The van der Waals surface area contributed by atoms with E-state index in [1.807, 2.05) is 24.3 Å². The quantitative estimate of drug-likeness (QED) is 0.790. The Labute approximate surface area is 87.1 Å². The van der Waals surface area contributed by atoms with Gasteiger partial charge in [-0.3, -0.25) is 4.55 Å². The van der Waals surface area contributed by atoms with Crippen molar-refractivity contribution in [1.29, 1.82) is 0 Å². The summed E-state index contributed by atoms with van der Waals surface area (Å²) in [5.74, 6) is -0.298. The lowest BCUT2D eigenvalue weighted by atomic mass is 10.3. The van der Waals surface area contributed by atoms with Crippen molar-refractivity contribution in [2.75, 3.05) is 5.75 Å². The van der Waals surface area contributed by atoms with Gasteiger partial charge in [0, 0.05) is 6.54 Å². The molecule has 0 saturated heterocycles. The molecule has 2 rings (SSSR count). The van der Waals surface area contributed by atoms with Gasteiger partial charge in [-0.15, -0.1) is 0 Å². The van der Waals surface area contributed by atoms with E-state index in [-0.39, 0.29) is 12.3 Å². The van der Waals surface area contributed by atoms with E-state index in [0.29, 0.717) is 0 Å². The highest BCUT2D eigenvalue weighted by molar-refractivity contribution is 7.85. The molecule has 1 N–H and O–H groups in total. The van der Waals surface area contributed by atoms with Crippen molar-refractivity contribution >= 4 is 21.2 Å². The first-order chi connectivity index (χ1) is 7.06. The van der Waals surface area contributed by atoms with Crippen molar-refractivity contribution in [2.45, 2.75) is 6.54 Å². The molecule has 5 nitrogen and oxygen atoms in total. The van der Waals surface area contributed by atoms with Crippen LogP contribution < -0.4 is 0 Å². The molecule has 80 valence electrons. The lowest BCUT2D eigenvalue weighted by Gasteiger charge is -2.01. The Hall–Kier alpha value is -1.40. The van der Waals surface area contributed by atoms with Gasteiger partial charge in [-0.1, -0.05) is 12.1 Å². The van der Waals surface area contributed by atoms with E-state index in [1.54, 1.807) is 10.9 Å². The standard InChI is InChI=1S/C9H10N2O3S/c12-15(13,14)6-5-11-7-10-8-3-1-2-4-9(8)11/h1-4,7H,5-6H2,(H,12,13,14). The van der Waals surface area contributed by atoms with Crippen LogP contribution in [0.1, 0.15) is 0 Å². The Kier molecular flexibility index (Phi) is 2.45. The summed E-state index contributed by atoms with van der Waals surface area (Å²) in [5.41, 5.74) is 1.67. The van der Waals surface area contributed by atoms with Gasteiger partial charge in [0.05, 0.1) is 23.1 Å². The molecule has 0 radical (unpaired) electrons. The molecule has 0 bridgehead atoms. The first kappa shape index (κ1) is 10.1. The molecule has 15 heavy (non-hydrogen) atoms. The Morgan fingerprint density at radius 3 is 2.80 bits per heavy atom. The summed E-state index contributed by atoms with van der Waals surface area (Å²) in [4.78, 5) is 4.11. The fourth-order valence-corrected chi connectivity index (χ4v) is 1.83. The Balaban J connectivity index is 2.29. The highest BCUT2D eigenvalue weighted by Gasteiger charge is 2.06. The number of rotatable bonds is 3. The predicted octanol–water partition coefficient (Wildman–Crippen LogP) is 0.924. The highest BCUT2D eigenvalue weighted by Crippen LogP contribution is 2.11. The molecule has 0 aliphatic heterocycles. The maximum atomic E-state index is 10.6. The summed E-state index contributed by atoms with van der Waals surface area (Å²) in [5, 5.41) is 0. The van der Waals surface area contributed by atoms with Gasteiger partial charge in [-0.2, -0.15) is 8.42 Å². The number of para-hydroxylation sites is 2. The molecule has 0 aliphatic carbocycles. The normalized spacial score (nSPS) is 12.1. The van der Waals surface area contributed by atoms with Gasteiger partial charge >= 0.3 is 0 Å². The minimum absolute atomic E-state index is 0.208. The van der Waals surface area contributed by atoms with Crippen molar-refractivity contribution in [1.82, 2.24) is 9.55 Å². The van der Waals surface area contributed by atoms with Gasteiger partial charge < -0.3 is 4.57 Å². The molecule has 0 aliphatic rings. The third-order valence-corrected chi connectivity index (χ3v) is 2.82. The summed E-state index contributed by atoms with van der Waals surface area (Å²) in [7, 11) is -3.92. The number of imidazole rings is 1. The maximum absolute atomic E-state index is 10.6. The van der Waals surface area contributed by atoms with Crippen LogP contribution in [0.25, 0.3) is 11.0 Å². The van der Waals surface area contributed by atoms with Gasteiger partial charge in [0.1, 0.15) is 0 Å². The molecule has 0 spiro atoms. The van der Waals surface area contributed by atoms with Gasteiger partial charge in [0.15, 0.2) is 0 Å². The molecule has 2 aromatic rings. The van der Waals surface area contributed by atoms with Gasteiger partial charge in [0.25, 0.3) is 10.1 Å². The molecule has 1 heterocycles. The van der Waals surface area contributed by atoms with Gasteiger partial charge in [0.2, 0.25) is 0 Å². The van der Waals surface area contributed by atoms with Gasteiger partial charge in [-0.05, 0) is 12.1 Å². The maximum Gasteiger partial charge on any atom is 0.266 e. The molecular formula is C9H10N2O3S. The topological polar surface area (TPSA) is 72.2 Å². The SMILES string of the molecule is O=S(=O)(O)CCn1cnc2ccccc21. The predicted molar refractivity (Wildman–Crippen MR) is 56.1 cm³/mol. The Morgan fingerprint density at radius 1 is 1.33 bits per heavy atom. The van der Waals surface area contributed by atoms with Gasteiger partial charge in [-0.25, -0.2) is 4.98 Å². The van der Waals surface area contributed by atoms with Crippen molar-refractivity contribution in [3.63, 3.8) is 0 Å². The van der Waals surface area contributed by atoms with E-state index < -0.39 is 10.1 Å². The Morgan fingerprint density at radius 2 is 2.07 bits per heavy atom. The number of nitrogens with zero attached hydrogens (tertiary/aromatic N) is 2. The van der Waals surface area contributed by atoms with Crippen LogP contribution in [-0.4, -0.2) is 28.3 Å². The minimum Gasteiger partial charge on any atom is -0.329 e. The molecule has 1 aromatic heterocycles. The number of aromatic nitrogens is 2. The van der Waals surface area contributed by atoms with Crippen LogP contribution in [0, 0.1) is 0 Å². The smallest absolute Gasteiger partial charge is 0.266 e. The van der Waals surface area contributed by atoms with Crippen LogP contribution in [0.4, 0.5) is 0 Å². The fraction of sp³-hybridized carbons (Fsp3) is 0.222. The van der Waals surface area contributed by atoms with E-state index in [2.05, 4.69) is 4.98 Å². The molecule has 0 fully saturated rings. The molecule has 0 unspecified atom stereocenters. The zero-order chi connectivity index (χ0) is 10.9. The number of hydrogen-bond acceptors (Lipinski definition) is 3. The summed E-state index contributed by atoms with van der Waals surface area (Å²) < 4.78 is 31.5. The molecule has 0 atom stereocenters. The van der Waals surface area contributed by atoms with Crippen molar-refractivity contribution < 1.29 is 13.0 Å². The van der Waals surface area contributed by atoms with Crippen LogP contribution in [0.5, 0.6) is 0 Å². The lowest BCUT2D eigenvalue weighted by Crippen LogP contribution is -2.10. The van der Waals surface area contributed by atoms with E-state index in [0.717, 1.165) is 11.0 Å². The number of aryl methyl sites for hydroxylation is 1. The highest BCUT2D eigenvalue weighted by atomic mass is 32.2. The molecule has 6 heteroatoms. The summed E-state index contributed by atoms with van der Waals surface area (Å²) in [6.45, 7) is 0.208. The molecule has 1 aromatic carbocycles. The zero-order valence-corrected chi connectivity index (χ0v) is 8.68. The second kappa shape index (κ2) is 3.63. The van der Waals surface area contributed by atoms with Crippen LogP contribution in [0.2, 0.25) is 0 Å². The van der Waals surface area contributed by atoms with Crippen LogP contribution in [0.3, 0.4) is 0 Å². The first-order valence-electron chi connectivity index (χ1n) is 4.41. The second-order valence-electron chi connectivity index (χ2n) is 3.21. The number of benzene rings is 1. The second-order valence-corrected chi connectivity index (χ2v) is 4.78. The van der Waals surface area contributed by atoms with Crippen molar-refractivity contribution in [3.05, 3.63) is 30.6 Å². The third-order valence-electron chi connectivity index (χ3n) is 2.12. The summed E-state index contributed by atoms with van der Waals surface area (Å²) in [6, 6.07) is 7.42. The monoisotopic (exact) mass is 226 g/mol. The molecular weight excluding hydrogens is 216 g/mol. The van der Waals surface area contributed by atoms with E-state index in [4.69, 9.17) is 4.55 Å². The third kappa shape index (κ3) is 2.34. The summed E-state index contributed by atoms with van der Waals surface area (Å²) >= 11 is 0. The van der Waals surface area contributed by atoms with E-state index in [9.17, 15) is 8.42 Å². The van der Waals surface area contributed by atoms with E-state index >= 15 is 0 Å². The first-order valence-corrected chi connectivity index (χ1v) is 6.02. The Bertz CT molecular complexity index is 574. The van der Waals surface area contributed by atoms with E-state index in [1.165, 1.54) is 0 Å². The fourth-order valence-electron chi connectivity index (χ4n) is 1.40.